The van der Waals surface area contributed by atoms with E-state index in [1.807, 2.05) is 0 Å². The van der Waals surface area contributed by atoms with Crippen molar-refractivity contribution in [1.82, 2.24) is 9.13 Å². The number of anilines is 6. The van der Waals surface area contributed by atoms with Crippen LogP contribution < -0.4 is 9.80 Å². The largest absolute Gasteiger partial charge is 0.456 e. The predicted octanol–water partition coefficient (Wildman–Crippen LogP) is 20.8. The zero-order chi connectivity index (χ0) is 49.8. The van der Waals surface area contributed by atoms with Crippen LogP contribution in [0.3, 0.4) is 0 Å². The van der Waals surface area contributed by atoms with E-state index in [0.717, 1.165) is 88.8 Å². The summed E-state index contributed by atoms with van der Waals surface area (Å²) >= 11 is 0. The minimum atomic E-state index is 0.503. The molecule has 0 bridgehead atoms. The molecule has 4 aromatic heterocycles. The van der Waals surface area contributed by atoms with Crippen molar-refractivity contribution < 1.29 is 8.83 Å². The Morgan fingerprint density at radius 3 is 1.07 bits per heavy atom. The molecule has 0 radical (unpaired) electrons. The first-order valence-electron chi connectivity index (χ1n) is 27.7. The smallest absolute Gasteiger partial charge is 0.137 e. The molecule has 6 heteroatoms. The summed E-state index contributed by atoms with van der Waals surface area (Å²) in [5.41, 5.74) is 15.3. The number of fused-ring (bicyclic) bond motifs is 13. The monoisotopic (exact) mass is 984 g/mol. The molecule has 2 aliphatic carbocycles. The maximum absolute atomic E-state index is 6.86. The lowest BCUT2D eigenvalue weighted by atomic mass is 9.95. The summed E-state index contributed by atoms with van der Waals surface area (Å²) in [5, 5.41) is 11.9. The van der Waals surface area contributed by atoms with Gasteiger partial charge in [0.05, 0.1) is 11.0 Å². The van der Waals surface area contributed by atoms with Gasteiger partial charge in [-0.15, -0.1) is 0 Å². The van der Waals surface area contributed by atoms with Gasteiger partial charge in [0.1, 0.15) is 22.3 Å². The van der Waals surface area contributed by atoms with Crippen LogP contribution in [-0.2, 0) is 0 Å². The Morgan fingerprint density at radius 2 is 0.632 bits per heavy atom. The Bertz CT molecular complexity index is 4270. The third-order valence-electron chi connectivity index (χ3n) is 17.3. The van der Waals surface area contributed by atoms with E-state index in [-0.39, 0.29) is 0 Å². The van der Waals surface area contributed by atoms with E-state index in [1.165, 1.54) is 108 Å². The highest BCUT2D eigenvalue weighted by atomic mass is 16.3. The molecular formula is C70H56N4O2. The second-order valence-corrected chi connectivity index (χ2v) is 21.7. The molecule has 0 spiro atoms. The third kappa shape index (κ3) is 6.93. The molecule has 0 saturated heterocycles. The minimum absolute atomic E-state index is 0.503. The highest BCUT2D eigenvalue weighted by Gasteiger charge is 2.26. The van der Waals surface area contributed by atoms with E-state index in [0.29, 0.717) is 12.1 Å². The number of hydrogen-bond donors (Lipinski definition) is 0. The van der Waals surface area contributed by atoms with E-state index in [9.17, 15) is 0 Å². The molecule has 0 atom stereocenters. The molecule has 14 aromatic rings. The molecule has 0 N–H and O–H groups in total. The molecule has 2 saturated carbocycles. The van der Waals surface area contributed by atoms with Crippen molar-refractivity contribution in [2.75, 3.05) is 9.80 Å². The highest BCUT2D eigenvalue weighted by Crippen LogP contribution is 2.46. The number of hydrogen-bond acceptors (Lipinski definition) is 4. The van der Waals surface area contributed by atoms with Crippen LogP contribution in [0.1, 0.15) is 76.3 Å². The summed E-state index contributed by atoms with van der Waals surface area (Å²) in [5.74, 6) is 0. The molecule has 10 aromatic carbocycles. The summed E-state index contributed by atoms with van der Waals surface area (Å²) in [7, 11) is 0. The van der Waals surface area contributed by atoms with Crippen molar-refractivity contribution in [2.24, 2.45) is 0 Å². The molecule has 368 valence electrons. The predicted molar refractivity (Wildman–Crippen MR) is 318 cm³/mol. The van der Waals surface area contributed by atoms with Gasteiger partial charge < -0.3 is 27.8 Å². The van der Waals surface area contributed by atoms with Crippen LogP contribution in [-0.4, -0.2) is 9.13 Å². The van der Waals surface area contributed by atoms with Gasteiger partial charge in [0.2, 0.25) is 0 Å². The van der Waals surface area contributed by atoms with Gasteiger partial charge in [-0.05, 0) is 146 Å². The summed E-state index contributed by atoms with van der Waals surface area (Å²) < 4.78 is 19.0. The second-order valence-electron chi connectivity index (χ2n) is 21.7. The van der Waals surface area contributed by atoms with Crippen LogP contribution in [0.25, 0.3) is 98.3 Å². The first-order valence-corrected chi connectivity index (χ1v) is 27.7. The van der Waals surface area contributed by atoms with E-state index in [2.05, 4.69) is 225 Å². The van der Waals surface area contributed by atoms with Crippen LogP contribution in [0, 0.1) is 0 Å². The Kier molecular flexibility index (Phi) is 10.0. The zero-order valence-corrected chi connectivity index (χ0v) is 42.5. The summed E-state index contributed by atoms with van der Waals surface area (Å²) in [6, 6.07) is 77.0. The van der Waals surface area contributed by atoms with Crippen molar-refractivity contribution >= 4 is 132 Å². The number of furan rings is 2. The fourth-order valence-electron chi connectivity index (χ4n) is 13.8. The number of aromatic nitrogens is 2. The van der Waals surface area contributed by atoms with E-state index >= 15 is 0 Å². The molecule has 0 amide bonds. The summed E-state index contributed by atoms with van der Waals surface area (Å²) in [4.78, 5) is 4.76. The summed E-state index contributed by atoms with van der Waals surface area (Å²) in [6.45, 7) is 0. The maximum Gasteiger partial charge on any atom is 0.137 e. The van der Waals surface area contributed by atoms with Crippen LogP contribution in [0.5, 0.6) is 0 Å². The SMILES string of the molecule is c1ccc(N(c2ccc3c(c2)oc2cc4cc5c(cc4cc23)oc2cc(N(c3ccccc3)c3ccc4c6ccccc6n(C6CCCCC6)c4c3)ccc25)c2ccc3c4ccccc4n(C4CCCCC4)c3c2)cc1. The lowest BCUT2D eigenvalue weighted by molar-refractivity contribution is 0.367. The summed E-state index contributed by atoms with van der Waals surface area (Å²) in [6.07, 6.45) is 12.7. The number of benzene rings is 10. The average molecular weight is 985 g/mol. The molecule has 6 nitrogen and oxygen atoms in total. The van der Waals surface area contributed by atoms with Crippen molar-refractivity contribution in [3.05, 3.63) is 206 Å². The Morgan fingerprint density at radius 1 is 0.276 bits per heavy atom. The van der Waals surface area contributed by atoms with Crippen LogP contribution in [0.15, 0.2) is 215 Å². The fraction of sp³-hybridized carbons (Fsp3) is 0.171. The topological polar surface area (TPSA) is 42.6 Å². The van der Waals surface area contributed by atoms with Crippen molar-refractivity contribution in [3.8, 4) is 0 Å². The van der Waals surface area contributed by atoms with Crippen LogP contribution in [0.4, 0.5) is 34.1 Å². The lowest BCUT2D eigenvalue weighted by Gasteiger charge is -2.27. The third-order valence-corrected chi connectivity index (χ3v) is 17.3. The highest BCUT2D eigenvalue weighted by molar-refractivity contribution is 6.16. The minimum Gasteiger partial charge on any atom is -0.456 e. The fourth-order valence-corrected chi connectivity index (χ4v) is 13.8. The van der Waals surface area contributed by atoms with Gasteiger partial charge in [0.25, 0.3) is 0 Å². The van der Waals surface area contributed by atoms with Crippen LogP contribution in [0.2, 0.25) is 0 Å². The van der Waals surface area contributed by atoms with Crippen molar-refractivity contribution in [2.45, 2.75) is 76.3 Å². The zero-order valence-electron chi connectivity index (χ0n) is 42.5. The first kappa shape index (κ1) is 43.6. The van der Waals surface area contributed by atoms with Crippen LogP contribution >= 0.6 is 0 Å². The van der Waals surface area contributed by atoms with Gasteiger partial charge in [0, 0.05) is 112 Å². The van der Waals surface area contributed by atoms with E-state index in [1.54, 1.807) is 0 Å². The van der Waals surface area contributed by atoms with Gasteiger partial charge in [-0.1, -0.05) is 123 Å². The van der Waals surface area contributed by atoms with Crippen molar-refractivity contribution in [3.63, 3.8) is 0 Å². The Hall–Kier alpha value is -8.74. The van der Waals surface area contributed by atoms with E-state index in [4.69, 9.17) is 8.83 Å². The quantitative estimate of drug-likeness (QED) is 0.152. The van der Waals surface area contributed by atoms with Crippen molar-refractivity contribution in [1.29, 1.82) is 0 Å². The molecule has 0 aliphatic heterocycles. The molecule has 76 heavy (non-hydrogen) atoms. The lowest BCUT2D eigenvalue weighted by Crippen LogP contribution is -2.13. The second kappa shape index (κ2) is 17.4. The Labute approximate surface area is 440 Å². The van der Waals surface area contributed by atoms with Gasteiger partial charge in [-0.2, -0.15) is 0 Å². The van der Waals surface area contributed by atoms with Gasteiger partial charge in [-0.25, -0.2) is 0 Å². The Balaban J connectivity index is 0.782. The molecule has 4 heterocycles. The molecule has 0 unspecified atom stereocenters. The molecular weight excluding hydrogens is 929 g/mol. The standard InChI is InChI=1S/C70H56N4O2/c1-5-17-47(18-6-1)71(51-29-33-57-55-25-13-15-27-63(55)73(65(57)41-51)49-21-9-3-10-22-49)53-31-35-59-61-37-45-40-68-62(38-46(45)39-67(61)75-69(59)43-53)60-36-32-54(44-70(60)76-68)72(48-19-7-2-8-20-48)52-30-34-58-56-26-14-16-28-64(56)74(66(58)42-52)50-23-11-4-12-24-50/h1-2,5-8,13-20,25-44,49-50H,3-4,9-12,21-24H2. The number of nitrogens with zero attached hydrogens (tertiary/aromatic N) is 4. The van der Waals surface area contributed by atoms with Gasteiger partial charge >= 0.3 is 0 Å². The maximum atomic E-state index is 6.86. The average Bonchev–Trinajstić information content (AvgIpc) is 4.23. The normalized spacial score (nSPS) is 15.0. The number of rotatable bonds is 8. The number of para-hydroxylation sites is 4. The molecule has 2 fully saturated rings. The first-order chi connectivity index (χ1) is 37.7. The van der Waals surface area contributed by atoms with Gasteiger partial charge in [-0.3, -0.25) is 0 Å². The van der Waals surface area contributed by atoms with Gasteiger partial charge in [0.15, 0.2) is 0 Å². The molecule has 16 rings (SSSR count). The molecule has 2 aliphatic rings. The van der Waals surface area contributed by atoms with E-state index < -0.39 is 0 Å².